The van der Waals surface area contributed by atoms with Crippen molar-refractivity contribution in [3.63, 3.8) is 0 Å². The molecule has 2 aromatic rings. The number of carboxylic acids is 1. The Balaban J connectivity index is 2.01. The van der Waals surface area contributed by atoms with Crippen LogP contribution in [0, 0.1) is 0 Å². The highest BCUT2D eigenvalue weighted by Crippen LogP contribution is 2.20. The average molecular weight is 286 g/mol. The number of ketones is 1. The lowest BCUT2D eigenvalue weighted by molar-refractivity contribution is -0.136. The number of rotatable bonds is 6. The molecule has 2 rings (SSSR count). The first-order valence-electron chi connectivity index (χ1n) is 6.21. The lowest BCUT2D eigenvalue weighted by atomic mass is 10.0. The van der Waals surface area contributed by atoms with Gasteiger partial charge in [0.15, 0.2) is 5.78 Å². The summed E-state index contributed by atoms with van der Waals surface area (Å²) in [7, 11) is 0. The minimum Gasteiger partial charge on any atom is -0.481 e. The van der Waals surface area contributed by atoms with Crippen LogP contribution in [-0.2, 0) is 4.79 Å². The lowest BCUT2D eigenvalue weighted by Gasteiger charge is -2.03. The fraction of sp³-hybridized carbons (Fsp3) is 0.125. The van der Waals surface area contributed by atoms with Crippen LogP contribution in [-0.4, -0.2) is 22.6 Å². The van der Waals surface area contributed by atoms with Crippen molar-refractivity contribution in [2.75, 3.05) is 5.75 Å². The molecule has 3 nitrogen and oxygen atoms in total. The Morgan fingerprint density at radius 2 is 1.50 bits per heavy atom. The second-order valence-corrected chi connectivity index (χ2v) is 5.38. The van der Waals surface area contributed by atoms with E-state index >= 15 is 0 Å². The Hall–Kier alpha value is -2.07. The van der Waals surface area contributed by atoms with Crippen LogP contribution >= 0.6 is 11.8 Å². The van der Waals surface area contributed by atoms with Gasteiger partial charge in [-0.3, -0.25) is 9.59 Å². The fourth-order valence-electron chi connectivity index (χ4n) is 1.71. The van der Waals surface area contributed by atoms with Crippen LogP contribution < -0.4 is 0 Å². The number of aliphatic carboxylic acids is 1. The maximum absolute atomic E-state index is 12.2. The van der Waals surface area contributed by atoms with E-state index in [0.29, 0.717) is 16.9 Å². The Morgan fingerprint density at radius 1 is 0.900 bits per heavy atom. The molecule has 0 aromatic heterocycles. The molecule has 0 aliphatic carbocycles. The van der Waals surface area contributed by atoms with E-state index in [4.69, 9.17) is 5.11 Å². The molecule has 0 atom stereocenters. The Kier molecular flexibility index (Phi) is 4.96. The van der Waals surface area contributed by atoms with Gasteiger partial charge in [-0.25, -0.2) is 0 Å². The summed E-state index contributed by atoms with van der Waals surface area (Å²) in [5, 5.41) is 8.58. The maximum Gasteiger partial charge on any atom is 0.304 e. The molecule has 1 N–H and O–H groups in total. The molecule has 0 saturated carbocycles. The predicted molar refractivity (Wildman–Crippen MR) is 79.3 cm³/mol. The number of hydrogen-bond donors (Lipinski definition) is 1. The van der Waals surface area contributed by atoms with E-state index in [9.17, 15) is 9.59 Å². The molecule has 102 valence electrons. The average Bonchev–Trinajstić information content (AvgIpc) is 2.48. The van der Waals surface area contributed by atoms with Gasteiger partial charge in [0.25, 0.3) is 0 Å². The molecule has 0 saturated heterocycles. The van der Waals surface area contributed by atoms with Gasteiger partial charge in [-0.05, 0) is 24.3 Å². The summed E-state index contributed by atoms with van der Waals surface area (Å²) in [6, 6.07) is 16.4. The van der Waals surface area contributed by atoms with Gasteiger partial charge < -0.3 is 5.11 Å². The van der Waals surface area contributed by atoms with Crippen LogP contribution in [0.1, 0.15) is 22.3 Å². The Bertz CT molecular complexity index is 591. The Morgan fingerprint density at radius 3 is 2.10 bits per heavy atom. The predicted octanol–water partition coefficient (Wildman–Crippen LogP) is 3.48. The summed E-state index contributed by atoms with van der Waals surface area (Å²) in [6.07, 6.45) is 0.134. The highest BCUT2D eigenvalue weighted by Gasteiger charge is 2.08. The van der Waals surface area contributed by atoms with Crippen molar-refractivity contribution in [3.05, 3.63) is 65.7 Å². The summed E-state index contributed by atoms with van der Waals surface area (Å²) >= 11 is 1.47. The zero-order chi connectivity index (χ0) is 14.4. The van der Waals surface area contributed by atoms with Crippen LogP contribution in [0.3, 0.4) is 0 Å². The quantitative estimate of drug-likeness (QED) is 0.652. The van der Waals surface area contributed by atoms with Gasteiger partial charge in [-0.2, -0.15) is 0 Å². The first kappa shape index (κ1) is 14.3. The van der Waals surface area contributed by atoms with Crippen LogP contribution in [0.2, 0.25) is 0 Å². The van der Waals surface area contributed by atoms with Crippen molar-refractivity contribution in [1.82, 2.24) is 0 Å². The van der Waals surface area contributed by atoms with Crippen molar-refractivity contribution < 1.29 is 14.7 Å². The van der Waals surface area contributed by atoms with E-state index in [1.165, 1.54) is 11.8 Å². The van der Waals surface area contributed by atoms with Gasteiger partial charge in [0.05, 0.1) is 6.42 Å². The van der Waals surface area contributed by atoms with Crippen molar-refractivity contribution >= 4 is 23.5 Å². The molecule has 0 spiro atoms. The molecule has 0 aliphatic heterocycles. The second-order valence-electron chi connectivity index (χ2n) is 4.21. The summed E-state index contributed by atoms with van der Waals surface area (Å²) in [6.45, 7) is 0. The number of benzene rings is 2. The summed E-state index contributed by atoms with van der Waals surface area (Å²) in [5.41, 5.74) is 1.30. The fourth-order valence-corrected chi connectivity index (χ4v) is 2.56. The van der Waals surface area contributed by atoms with Gasteiger partial charge in [-0.15, -0.1) is 11.8 Å². The standard InChI is InChI=1S/C16H14O3S/c17-15(18)10-11-20-14-8-6-13(7-9-14)16(19)12-4-2-1-3-5-12/h1-9H,10-11H2,(H,17,18). The topological polar surface area (TPSA) is 54.4 Å². The highest BCUT2D eigenvalue weighted by molar-refractivity contribution is 7.99. The van der Waals surface area contributed by atoms with Crippen LogP contribution in [0.5, 0.6) is 0 Å². The lowest BCUT2D eigenvalue weighted by Crippen LogP contribution is -2.00. The SMILES string of the molecule is O=C(O)CCSc1ccc(C(=O)c2ccccc2)cc1. The summed E-state index contributed by atoms with van der Waals surface area (Å²) in [4.78, 5) is 23.6. The number of hydrogen-bond acceptors (Lipinski definition) is 3. The molecule has 0 amide bonds. The molecular formula is C16H14O3S. The number of carbonyl (C=O) groups is 2. The summed E-state index contributed by atoms with van der Waals surface area (Å²) < 4.78 is 0. The molecule has 0 bridgehead atoms. The molecule has 20 heavy (non-hydrogen) atoms. The molecule has 0 radical (unpaired) electrons. The first-order chi connectivity index (χ1) is 9.66. The van der Waals surface area contributed by atoms with Gasteiger partial charge in [0, 0.05) is 21.8 Å². The van der Waals surface area contributed by atoms with Crippen LogP contribution in [0.25, 0.3) is 0 Å². The third-order valence-corrected chi connectivity index (χ3v) is 3.75. The minimum absolute atomic E-state index is 0.00677. The van der Waals surface area contributed by atoms with Gasteiger partial charge in [0.2, 0.25) is 0 Å². The number of thioether (sulfide) groups is 1. The van der Waals surface area contributed by atoms with E-state index in [1.54, 1.807) is 24.3 Å². The largest absolute Gasteiger partial charge is 0.481 e. The van der Waals surface area contributed by atoms with Crippen LogP contribution in [0.15, 0.2) is 59.5 Å². The number of carboxylic acid groups (broad SMARTS) is 1. The van der Waals surface area contributed by atoms with E-state index in [1.807, 2.05) is 30.3 Å². The number of carbonyl (C=O) groups excluding carboxylic acids is 1. The first-order valence-corrected chi connectivity index (χ1v) is 7.20. The van der Waals surface area contributed by atoms with E-state index in [-0.39, 0.29) is 12.2 Å². The van der Waals surface area contributed by atoms with Crippen molar-refractivity contribution in [2.45, 2.75) is 11.3 Å². The smallest absolute Gasteiger partial charge is 0.304 e. The van der Waals surface area contributed by atoms with Crippen molar-refractivity contribution in [1.29, 1.82) is 0 Å². The third kappa shape index (κ3) is 3.96. The normalized spacial score (nSPS) is 10.2. The highest BCUT2D eigenvalue weighted by atomic mass is 32.2. The van der Waals surface area contributed by atoms with E-state index in [2.05, 4.69) is 0 Å². The molecule has 0 fully saturated rings. The molecular weight excluding hydrogens is 272 g/mol. The van der Waals surface area contributed by atoms with Crippen molar-refractivity contribution in [3.8, 4) is 0 Å². The van der Waals surface area contributed by atoms with Crippen molar-refractivity contribution in [2.24, 2.45) is 0 Å². The summed E-state index contributed by atoms with van der Waals surface area (Å²) in [5.74, 6) is -0.275. The van der Waals surface area contributed by atoms with E-state index < -0.39 is 5.97 Å². The molecule has 2 aromatic carbocycles. The van der Waals surface area contributed by atoms with E-state index in [0.717, 1.165) is 4.90 Å². The van der Waals surface area contributed by atoms with Gasteiger partial charge >= 0.3 is 5.97 Å². The third-order valence-electron chi connectivity index (χ3n) is 2.74. The molecule has 0 aliphatic rings. The van der Waals surface area contributed by atoms with Gasteiger partial charge in [0.1, 0.15) is 0 Å². The van der Waals surface area contributed by atoms with Gasteiger partial charge in [-0.1, -0.05) is 30.3 Å². The molecule has 0 heterocycles. The maximum atomic E-state index is 12.2. The minimum atomic E-state index is -0.798. The van der Waals surface area contributed by atoms with Crippen LogP contribution in [0.4, 0.5) is 0 Å². The Labute approximate surface area is 121 Å². The monoisotopic (exact) mass is 286 g/mol. The zero-order valence-corrected chi connectivity index (χ0v) is 11.6. The molecule has 0 unspecified atom stereocenters. The molecule has 4 heteroatoms. The zero-order valence-electron chi connectivity index (χ0n) is 10.8. The second kappa shape index (κ2) is 6.91.